The minimum absolute atomic E-state index is 0.0294. The summed E-state index contributed by atoms with van der Waals surface area (Å²) < 4.78 is 5.21. The molecule has 1 aliphatic carbocycles. The van der Waals surface area contributed by atoms with E-state index < -0.39 is 4.92 Å². The molecule has 0 bridgehead atoms. The minimum Gasteiger partial charge on any atom is -0.490 e. The number of benzene rings is 1. The standard InChI is InChI=1S/C19H29N3O3/c1-20(2)15-6-8-19(9-7-15)10-12-21(13-11-19)16-4-5-17(22(23)24)18(14-16)25-3/h4-5,14-15H,6-13H2,1-3H3. The lowest BCUT2D eigenvalue weighted by Gasteiger charge is -2.47. The van der Waals surface area contributed by atoms with E-state index in [0.717, 1.165) is 24.8 Å². The highest BCUT2D eigenvalue weighted by Gasteiger charge is 2.38. The second-order valence-corrected chi connectivity index (χ2v) is 7.80. The molecule has 6 heteroatoms. The van der Waals surface area contributed by atoms with Gasteiger partial charge in [-0.15, -0.1) is 0 Å². The van der Waals surface area contributed by atoms with Gasteiger partial charge < -0.3 is 14.5 Å². The van der Waals surface area contributed by atoms with Crippen LogP contribution in [0.5, 0.6) is 5.75 Å². The summed E-state index contributed by atoms with van der Waals surface area (Å²) in [5.74, 6) is 0.342. The predicted octanol–water partition coefficient (Wildman–Crippen LogP) is 3.69. The molecule has 6 nitrogen and oxygen atoms in total. The largest absolute Gasteiger partial charge is 0.490 e. The van der Waals surface area contributed by atoms with Gasteiger partial charge in [-0.2, -0.15) is 0 Å². The number of piperidine rings is 1. The first kappa shape index (κ1) is 18.0. The average Bonchev–Trinajstić information content (AvgIpc) is 2.62. The number of ether oxygens (including phenoxy) is 1. The quantitative estimate of drug-likeness (QED) is 0.614. The number of hydrogen-bond acceptors (Lipinski definition) is 5. The van der Waals surface area contributed by atoms with Gasteiger partial charge in [0.1, 0.15) is 0 Å². The van der Waals surface area contributed by atoms with Crippen LogP contribution >= 0.6 is 0 Å². The van der Waals surface area contributed by atoms with Crippen molar-refractivity contribution in [2.45, 2.75) is 44.6 Å². The van der Waals surface area contributed by atoms with Gasteiger partial charge in [0.15, 0.2) is 5.75 Å². The van der Waals surface area contributed by atoms with E-state index in [0.29, 0.717) is 11.2 Å². The lowest BCUT2D eigenvalue weighted by molar-refractivity contribution is -0.385. The summed E-state index contributed by atoms with van der Waals surface area (Å²) in [5.41, 5.74) is 1.56. The Bertz CT molecular complexity index is 614. The zero-order valence-electron chi connectivity index (χ0n) is 15.5. The first-order valence-electron chi connectivity index (χ1n) is 9.18. The van der Waals surface area contributed by atoms with Crippen molar-refractivity contribution in [1.29, 1.82) is 0 Å². The molecule has 1 saturated heterocycles. The summed E-state index contributed by atoms with van der Waals surface area (Å²) in [6.45, 7) is 2.04. The molecule has 2 aliphatic rings. The fourth-order valence-electron chi connectivity index (χ4n) is 4.48. The van der Waals surface area contributed by atoms with Gasteiger partial charge in [0.2, 0.25) is 0 Å². The SMILES string of the molecule is COc1cc(N2CCC3(CCC(N(C)C)CC3)CC2)ccc1[N+](=O)[O-]. The van der Waals surface area contributed by atoms with Crippen molar-refractivity contribution >= 4 is 11.4 Å². The molecule has 0 radical (unpaired) electrons. The maximum Gasteiger partial charge on any atom is 0.311 e. The van der Waals surface area contributed by atoms with Gasteiger partial charge in [-0.3, -0.25) is 10.1 Å². The number of nitro benzene ring substituents is 1. The van der Waals surface area contributed by atoms with E-state index in [-0.39, 0.29) is 5.69 Å². The van der Waals surface area contributed by atoms with Crippen LogP contribution in [-0.4, -0.2) is 50.2 Å². The Labute approximate surface area is 149 Å². The van der Waals surface area contributed by atoms with Crippen molar-refractivity contribution in [3.63, 3.8) is 0 Å². The summed E-state index contributed by atoms with van der Waals surface area (Å²) in [7, 11) is 5.86. The fourth-order valence-corrected chi connectivity index (χ4v) is 4.48. The Morgan fingerprint density at radius 1 is 1.20 bits per heavy atom. The lowest BCUT2D eigenvalue weighted by Crippen LogP contribution is -2.44. The maximum absolute atomic E-state index is 11.1. The van der Waals surface area contributed by atoms with Crippen LogP contribution in [0.15, 0.2) is 18.2 Å². The zero-order valence-corrected chi connectivity index (χ0v) is 15.5. The molecule has 1 saturated carbocycles. The molecule has 1 aromatic carbocycles. The topological polar surface area (TPSA) is 58.8 Å². The second kappa shape index (κ2) is 7.20. The number of anilines is 1. The molecular formula is C19H29N3O3. The number of hydrogen-bond donors (Lipinski definition) is 0. The van der Waals surface area contributed by atoms with Crippen LogP contribution in [0.1, 0.15) is 38.5 Å². The molecule has 3 rings (SSSR count). The minimum atomic E-state index is -0.392. The number of methoxy groups -OCH3 is 1. The fraction of sp³-hybridized carbons (Fsp3) is 0.684. The van der Waals surface area contributed by atoms with Crippen LogP contribution in [0.3, 0.4) is 0 Å². The number of nitrogens with zero attached hydrogens (tertiary/aromatic N) is 3. The highest BCUT2D eigenvalue weighted by atomic mass is 16.6. The van der Waals surface area contributed by atoms with Crippen LogP contribution in [0, 0.1) is 15.5 Å². The number of nitro groups is 1. The first-order valence-corrected chi connectivity index (χ1v) is 9.18. The van der Waals surface area contributed by atoms with Crippen molar-refractivity contribution < 1.29 is 9.66 Å². The molecule has 0 atom stereocenters. The smallest absolute Gasteiger partial charge is 0.311 e. The Balaban J connectivity index is 1.64. The summed E-state index contributed by atoms with van der Waals surface area (Å²) in [6.07, 6.45) is 7.69. The van der Waals surface area contributed by atoms with Gasteiger partial charge in [-0.1, -0.05) is 0 Å². The van der Waals surface area contributed by atoms with Gasteiger partial charge in [0.25, 0.3) is 0 Å². The summed E-state index contributed by atoms with van der Waals surface area (Å²) in [6, 6.07) is 5.95. The van der Waals surface area contributed by atoms with Crippen LogP contribution in [-0.2, 0) is 0 Å². The molecule has 0 aromatic heterocycles. The molecule has 0 N–H and O–H groups in total. The molecule has 1 spiro atoms. The molecular weight excluding hydrogens is 318 g/mol. The Kier molecular flexibility index (Phi) is 5.18. The van der Waals surface area contributed by atoms with Gasteiger partial charge >= 0.3 is 5.69 Å². The van der Waals surface area contributed by atoms with E-state index >= 15 is 0 Å². The van der Waals surface area contributed by atoms with Gasteiger partial charge in [0, 0.05) is 37.0 Å². The maximum atomic E-state index is 11.1. The third kappa shape index (κ3) is 3.73. The molecule has 1 heterocycles. The van der Waals surface area contributed by atoms with Crippen molar-refractivity contribution in [1.82, 2.24) is 4.90 Å². The highest BCUT2D eigenvalue weighted by molar-refractivity contribution is 5.59. The lowest BCUT2D eigenvalue weighted by atomic mass is 9.67. The summed E-state index contributed by atoms with van der Waals surface area (Å²) in [4.78, 5) is 15.4. The van der Waals surface area contributed by atoms with Crippen molar-refractivity contribution in [2.24, 2.45) is 5.41 Å². The summed E-state index contributed by atoms with van der Waals surface area (Å²) in [5, 5.41) is 11.1. The predicted molar refractivity (Wildman–Crippen MR) is 99.5 cm³/mol. The van der Waals surface area contributed by atoms with E-state index in [1.54, 1.807) is 12.1 Å². The highest BCUT2D eigenvalue weighted by Crippen LogP contribution is 2.46. The molecule has 138 valence electrons. The molecule has 0 unspecified atom stereocenters. The summed E-state index contributed by atoms with van der Waals surface area (Å²) >= 11 is 0. The van der Waals surface area contributed by atoms with Gasteiger partial charge in [0.05, 0.1) is 12.0 Å². The Hall–Kier alpha value is -1.82. The van der Waals surface area contributed by atoms with Crippen LogP contribution in [0.2, 0.25) is 0 Å². The van der Waals surface area contributed by atoms with Crippen molar-refractivity contribution in [2.75, 3.05) is 39.2 Å². The van der Waals surface area contributed by atoms with E-state index in [2.05, 4.69) is 23.9 Å². The third-order valence-corrected chi connectivity index (χ3v) is 6.30. The van der Waals surface area contributed by atoms with Crippen LogP contribution < -0.4 is 9.64 Å². The van der Waals surface area contributed by atoms with Crippen molar-refractivity contribution in [3.8, 4) is 5.75 Å². The Morgan fingerprint density at radius 3 is 2.36 bits per heavy atom. The molecule has 1 aromatic rings. The van der Waals surface area contributed by atoms with Crippen molar-refractivity contribution in [3.05, 3.63) is 28.3 Å². The zero-order chi connectivity index (χ0) is 18.0. The van der Waals surface area contributed by atoms with E-state index in [4.69, 9.17) is 4.74 Å². The Morgan fingerprint density at radius 2 is 1.84 bits per heavy atom. The monoisotopic (exact) mass is 347 g/mol. The van der Waals surface area contributed by atoms with E-state index in [1.807, 2.05) is 6.07 Å². The molecule has 1 aliphatic heterocycles. The normalized spacial score (nSPS) is 20.9. The first-order chi connectivity index (χ1) is 11.9. The van der Waals surface area contributed by atoms with Gasteiger partial charge in [-0.05, 0) is 64.1 Å². The van der Waals surface area contributed by atoms with Crippen LogP contribution in [0.25, 0.3) is 0 Å². The second-order valence-electron chi connectivity index (χ2n) is 7.80. The molecule has 0 amide bonds. The molecule has 25 heavy (non-hydrogen) atoms. The van der Waals surface area contributed by atoms with E-state index in [9.17, 15) is 10.1 Å². The van der Waals surface area contributed by atoms with E-state index in [1.165, 1.54) is 45.6 Å². The van der Waals surface area contributed by atoms with Gasteiger partial charge in [-0.25, -0.2) is 0 Å². The average molecular weight is 347 g/mol. The molecule has 2 fully saturated rings. The number of rotatable bonds is 4. The van der Waals surface area contributed by atoms with Crippen LogP contribution in [0.4, 0.5) is 11.4 Å². The third-order valence-electron chi connectivity index (χ3n) is 6.30.